The van der Waals surface area contributed by atoms with Crippen LogP contribution in [0.5, 0.6) is 0 Å². The molecule has 5 amide bonds. The number of esters is 2. The lowest BCUT2D eigenvalue weighted by molar-refractivity contribution is -0.166. The summed E-state index contributed by atoms with van der Waals surface area (Å²) >= 11 is 0. The Labute approximate surface area is 441 Å². The highest BCUT2D eigenvalue weighted by atomic mass is 16.6. The van der Waals surface area contributed by atoms with Crippen molar-refractivity contribution >= 4 is 47.2 Å². The molecule has 1 aromatic rings. The molecule has 1 unspecified atom stereocenters. The molecule has 0 radical (unpaired) electrons. The number of imide groups is 2. The summed E-state index contributed by atoms with van der Waals surface area (Å²) in [6, 6.07) is 3.98. The summed E-state index contributed by atoms with van der Waals surface area (Å²) in [7, 11) is 0. The number of nitrogens with one attached hydrogen (secondary N) is 3. The van der Waals surface area contributed by atoms with Crippen LogP contribution >= 0.6 is 0 Å². The first-order valence-corrected chi connectivity index (χ1v) is 27.3. The van der Waals surface area contributed by atoms with Gasteiger partial charge in [-0.1, -0.05) is 38.1 Å². The van der Waals surface area contributed by atoms with E-state index >= 15 is 0 Å². The van der Waals surface area contributed by atoms with Crippen LogP contribution in [0.1, 0.15) is 138 Å². The lowest BCUT2D eigenvalue weighted by Crippen LogP contribution is -2.54. The highest BCUT2D eigenvalue weighted by molar-refractivity contribution is 6.25. The minimum Gasteiger partial charge on any atom is -0.462 e. The Hall–Kier alpha value is -5.05. The summed E-state index contributed by atoms with van der Waals surface area (Å²) in [5.74, 6) is -2.24. The molecule has 75 heavy (non-hydrogen) atoms. The number of aliphatic hydroxyl groups excluding tert-OH is 1. The molecule has 0 saturated carbocycles. The topological polar surface area (TPSA) is 244 Å². The Bertz CT molecular complexity index is 2160. The SMILES string of the molecule is C[C@H]1C=C2C=C[C@H](C)[C@H](CC[C@@H]3C[C@@H](O)CC(=O)O3)[C@H]2[C@@H](OC(=O)C(C)(C)CCC(=O)NCCOCCCOCCCOCCCOCCCOCCCNc2cccc3c2C(=O)N(C2CCC(=O)NC2=O)C3=O)C1. The summed E-state index contributed by atoms with van der Waals surface area (Å²) in [4.78, 5) is 89.6. The van der Waals surface area contributed by atoms with E-state index in [0.29, 0.717) is 117 Å². The van der Waals surface area contributed by atoms with E-state index in [2.05, 4.69) is 48.0 Å². The summed E-state index contributed by atoms with van der Waals surface area (Å²) < 4.78 is 40.4. The van der Waals surface area contributed by atoms with Crippen LogP contribution in [-0.4, -0.2) is 155 Å². The number of allylic oxidation sites excluding steroid dienone is 3. The summed E-state index contributed by atoms with van der Waals surface area (Å²) in [5.41, 5.74) is 1.32. The molecule has 19 nitrogen and oxygen atoms in total. The van der Waals surface area contributed by atoms with Crippen molar-refractivity contribution in [1.82, 2.24) is 15.5 Å². The fourth-order valence-corrected chi connectivity index (χ4v) is 10.4. The highest BCUT2D eigenvalue weighted by Crippen LogP contribution is 2.46. The number of hydrogen-bond acceptors (Lipinski definition) is 16. The highest BCUT2D eigenvalue weighted by Gasteiger charge is 2.46. The number of piperidine rings is 1. The fourth-order valence-electron chi connectivity index (χ4n) is 10.4. The molecule has 416 valence electrons. The van der Waals surface area contributed by atoms with Gasteiger partial charge in [0, 0.05) is 103 Å². The normalized spacial score (nSPS) is 24.6. The molecule has 0 bridgehead atoms. The van der Waals surface area contributed by atoms with E-state index in [9.17, 15) is 38.7 Å². The van der Waals surface area contributed by atoms with Gasteiger partial charge >= 0.3 is 11.9 Å². The predicted octanol–water partition coefficient (Wildman–Crippen LogP) is 5.62. The molecule has 8 atom stereocenters. The zero-order valence-electron chi connectivity index (χ0n) is 44.6. The van der Waals surface area contributed by atoms with Crippen LogP contribution in [0.2, 0.25) is 0 Å². The number of amides is 5. The van der Waals surface area contributed by atoms with E-state index < -0.39 is 41.2 Å². The Morgan fingerprint density at radius 1 is 0.813 bits per heavy atom. The number of anilines is 1. The molecule has 2 aliphatic carbocycles. The molecule has 0 spiro atoms. The number of nitrogens with zero attached hydrogens (tertiary/aromatic N) is 1. The number of aliphatic hydroxyl groups is 1. The smallest absolute Gasteiger partial charge is 0.311 e. The third kappa shape index (κ3) is 18.0. The molecule has 3 aliphatic heterocycles. The van der Waals surface area contributed by atoms with Crippen molar-refractivity contribution in [2.75, 3.05) is 84.5 Å². The van der Waals surface area contributed by atoms with Crippen LogP contribution in [0.15, 0.2) is 42.0 Å². The summed E-state index contributed by atoms with van der Waals surface area (Å²) in [6.07, 6.45) is 12.4. The van der Waals surface area contributed by atoms with Gasteiger partial charge in [0.05, 0.1) is 35.7 Å². The number of cyclic esters (lactones) is 1. The number of rotatable bonds is 33. The number of carbonyl (C=O) groups is 7. The minimum atomic E-state index is -1.01. The molecule has 0 aromatic heterocycles. The van der Waals surface area contributed by atoms with Crippen LogP contribution in [0.3, 0.4) is 0 Å². The van der Waals surface area contributed by atoms with Crippen molar-refractivity contribution in [2.45, 2.75) is 142 Å². The van der Waals surface area contributed by atoms with Gasteiger partial charge in [0.25, 0.3) is 11.8 Å². The summed E-state index contributed by atoms with van der Waals surface area (Å²) in [6.45, 7) is 14.4. The lowest BCUT2D eigenvalue weighted by atomic mass is 9.65. The maximum absolute atomic E-state index is 13.7. The maximum atomic E-state index is 13.7. The van der Waals surface area contributed by atoms with Crippen LogP contribution in [0.4, 0.5) is 5.69 Å². The van der Waals surface area contributed by atoms with E-state index in [-0.39, 0.29) is 90.5 Å². The minimum absolute atomic E-state index is 0.0225. The van der Waals surface area contributed by atoms with Crippen LogP contribution in [-0.2, 0) is 57.1 Å². The fraction of sp³-hybridized carbons (Fsp3) is 0.696. The molecule has 1 aromatic carbocycles. The zero-order chi connectivity index (χ0) is 53.7. The Morgan fingerprint density at radius 2 is 1.45 bits per heavy atom. The second-order valence-electron chi connectivity index (χ2n) is 21.2. The van der Waals surface area contributed by atoms with Crippen LogP contribution < -0.4 is 16.0 Å². The van der Waals surface area contributed by atoms with Gasteiger partial charge in [0.15, 0.2) is 0 Å². The second kappa shape index (κ2) is 30.0. The van der Waals surface area contributed by atoms with E-state index in [1.807, 2.05) is 13.8 Å². The van der Waals surface area contributed by atoms with Crippen molar-refractivity contribution in [3.63, 3.8) is 0 Å². The van der Waals surface area contributed by atoms with Gasteiger partial charge in [0.1, 0.15) is 18.2 Å². The molecule has 2 saturated heterocycles. The first-order valence-electron chi connectivity index (χ1n) is 27.3. The molecule has 3 heterocycles. The molecule has 2 fully saturated rings. The van der Waals surface area contributed by atoms with Crippen molar-refractivity contribution < 1.29 is 71.8 Å². The van der Waals surface area contributed by atoms with Crippen molar-refractivity contribution in [2.24, 2.45) is 29.1 Å². The number of ether oxygens (including phenoxy) is 7. The second-order valence-corrected chi connectivity index (χ2v) is 21.2. The number of hydrogen-bond donors (Lipinski definition) is 4. The molecular weight excluding hydrogens is 969 g/mol. The van der Waals surface area contributed by atoms with E-state index in [1.54, 1.807) is 18.2 Å². The van der Waals surface area contributed by atoms with Crippen molar-refractivity contribution in [1.29, 1.82) is 0 Å². The van der Waals surface area contributed by atoms with Gasteiger partial charge < -0.3 is 48.9 Å². The van der Waals surface area contributed by atoms with Crippen LogP contribution in [0.25, 0.3) is 0 Å². The van der Waals surface area contributed by atoms with Gasteiger partial charge in [-0.2, -0.15) is 0 Å². The average Bonchev–Trinajstić information content (AvgIpc) is 3.63. The van der Waals surface area contributed by atoms with Gasteiger partial charge in [-0.05, 0) is 114 Å². The number of fused-ring (bicyclic) bond motifs is 2. The standard InChI is InChI=1S/C56H82N4O15/c1-37-33-39-14-13-38(2)42(16-15-41-35-40(61)36-49(64)74-41)50(39)46(34-37)75-55(68)56(3,4)20-19-47(62)58-22-32-73-31-10-30-72-29-9-28-71-27-8-26-70-25-7-24-69-23-6-21-57-44-12-5-11-43-51(44)54(67)60(53(43)66)45-17-18-48(63)59-52(45)65/h5,11-14,33,37-38,40-42,45-46,50,57,61H,6-10,15-32,34-36H2,1-4H3,(H,58,62)(H,59,63,65)/t37-,38-,40+,41+,42-,45?,46-,50-/m0/s1. The lowest BCUT2D eigenvalue weighted by Gasteiger charge is -2.44. The van der Waals surface area contributed by atoms with Crippen molar-refractivity contribution in [3.8, 4) is 0 Å². The first-order chi connectivity index (χ1) is 36.1. The third-order valence-electron chi connectivity index (χ3n) is 14.6. The quantitative estimate of drug-likeness (QED) is 0.0379. The van der Waals surface area contributed by atoms with E-state index in [1.165, 1.54) is 5.57 Å². The van der Waals surface area contributed by atoms with Crippen molar-refractivity contribution in [3.05, 3.63) is 53.1 Å². The average molecular weight is 1050 g/mol. The third-order valence-corrected chi connectivity index (χ3v) is 14.6. The first kappa shape index (κ1) is 59.2. The summed E-state index contributed by atoms with van der Waals surface area (Å²) in [5, 5.41) is 18.4. The predicted molar refractivity (Wildman–Crippen MR) is 276 cm³/mol. The molecule has 6 rings (SSSR count). The van der Waals surface area contributed by atoms with E-state index in [4.69, 9.17) is 33.2 Å². The Morgan fingerprint density at radius 3 is 2.09 bits per heavy atom. The van der Waals surface area contributed by atoms with Gasteiger partial charge in [-0.15, -0.1) is 0 Å². The number of benzene rings is 1. The zero-order valence-corrected chi connectivity index (χ0v) is 44.6. The molecule has 5 aliphatic rings. The Balaban J connectivity index is 0.699. The molecular formula is C56H82N4O15. The molecule has 4 N–H and O–H groups in total. The van der Waals surface area contributed by atoms with Gasteiger partial charge in [-0.25, -0.2) is 0 Å². The largest absolute Gasteiger partial charge is 0.462 e. The van der Waals surface area contributed by atoms with Gasteiger partial charge in [0.2, 0.25) is 17.7 Å². The van der Waals surface area contributed by atoms with Crippen LogP contribution in [0, 0.1) is 29.1 Å². The Kier molecular flexibility index (Phi) is 23.7. The van der Waals surface area contributed by atoms with Gasteiger partial charge in [-0.3, -0.25) is 43.8 Å². The van der Waals surface area contributed by atoms with E-state index in [0.717, 1.165) is 37.0 Å². The maximum Gasteiger partial charge on any atom is 0.311 e. The number of carbonyl (C=O) groups excluding carboxylic acids is 7. The molecule has 19 heteroatoms. The monoisotopic (exact) mass is 1050 g/mol.